The summed E-state index contributed by atoms with van der Waals surface area (Å²) in [5.74, 6) is 1.63. The molecule has 0 aliphatic carbocycles. The highest BCUT2D eigenvalue weighted by atomic mass is 32.2. The van der Waals surface area contributed by atoms with Gasteiger partial charge in [-0.05, 0) is 36.8 Å². The maximum Gasteiger partial charge on any atom is 0.246 e. The highest BCUT2D eigenvalue weighted by Crippen LogP contribution is 2.35. The van der Waals surface area contributed by atoms with Gasteiger partial charge in [0.2, 0.25) is 10.0 Å². The van der Waals surface area contributed by atoms with Crippen LogP contribution in [0.15, 0.2) is 17.0 Å². The molecule has 2 rings (SSSR count). The number of nitrogens with zero attached hydrogens (tertiary/aromatic N) is 1. The first-order valence-corrected chi connectivity index (χ1v) is 8.96. The second-order valence-corrected chi connectivity index (χ2v) is 8.15. The zero-order valence-electron chi connectivity index (χ0n) is 13.9. The van der Waals surface area contributed by atoms with Gasteiger partial charge in [0.25, 0.3) is 0 Å². The lowest BCUT2D eigenvalue weighted by atomic mass is 9.94. The van der Waals surface area contributed by atoms with E-state index in [-0.39, 0.29) is 4.90 Å². The average molecular weight is 327 g/mol. The van der Waals surface area contributed by atoms with Gasteiger partial charge in [-0.15, -0.1) is 0 Å². The van der Waals surface area contributed by atoms with Gasteiger partial charge in [0, 0.05) is 19.2 Å². The van der Waals surface area contributed by atoms with Gasteiger partial charge in [0.15, 0.2) is 0 Å². The molecule has 0 N–H and O–H groups in total. The van der Waals surface area contributed by atoms with Crippen molar-refractivity contribution in [3.8, 4) is 11.5 Å². The van der Waals surface area contributed by atoms with Gasteiger partial charge in [-0.1, -0.05) is 13.8 Å². The van der Waals surface area contributed by atoms with Crippen LogP contribution in [0.3, 0.4) is 0 Å². The van der Waals surface area contributed by atoms with Gasteiger partial charge >= 0.3 is 0 Å². The molecule has 1 aliphatic rings. The van der Waals surface area contributed by atoms with Gasteiger partial charge in [0.1, 0.15) is 16.4 Å². The molecule has 22 heavy (non-hydrogen) atoms. The van der Waals surface area contributed by atoms with Crippen molar-refractivity contribution in [1.82, 2.24) is 4.31 Å². The van der Waals surface area contributed by atoms with Crippen LogP contribution in [0.2, 0.25) is 0 Å². The minimum absolute atomic E-state index is 0.179. The Kier molecular flexibility index (Phi) is 5.02. The fourth-order valence-electron chi connectivity index (χ4n) is 3.17. The molecule has 1 saturated heterocycles. The number of hydrogen-bond acceptors (Lipinski definition) is 4. The highest BCUT2D eigenvalue weighted by Gasteiger charge is 2.34. The van der Waals surface area contributed by atoms with E-state index in [0.29, 0.717) is 36.4 Å². The van der Waals surface area contributed by atoms with Crippen LogP contribution in [-0.4, -0.2) is 40.0 Å². The Morgan fingerprint density at radius 1 is 1.05 bits per heavy atom. The molecular formula is C16H25NO4S. The number of hydrogen-bond donors (Lipinski definition) is 0. The van der Waals surface area contributed by atoms with Gasteiger partial charge in [-0.3, -0.25) is 0 Å². The summed E-state index contributed by atoms with van der Waals surface area (Å²) >= 11 is 0. The van der Waals surface area contributed by atoms with E-state index in [2.05, 4.69) is 13.8 Å². The summed E-state index contributed by atoms with van der Waals surface area (Å²) in [4.78, 5) is 0.179. The van der Waals surface area contributed by atoms with E-state index >= 15 is 0 Å². The Morgan fingerprint density at radius 2 is 1.59 bits per heavy atom. The number of ether oxygens (including phenoxy) is 2. The lowest BCUT2D eigenvalue weighted by Gasteiger charge is -2.34. The number of methoxy groups -OCH3 is 2. The summed E-state index contributed by atoms with van der Waals surface area (Å²) in [6.45, 7) is 7.14. The zero-order valence-corrected chi connectivity index (χ0v) is 14.7. The molecule has 1 aromatic rings. The molecule has 0 amide bonds. The fraction of sp³-hybridized carbons (Fsp3) is 0.625. The van der Waals surface area contributed by atoms with Gasteiger partial charge in [0.05, 0.1) is 14.2 Å². The van der Waals surface area contributed by atoms with E-state index in [9.17, 15) is 8.42 Å². The molecule has 2 atom stereocenters. The number of sulfonamides is 1. The number of piperidine rings is 1. The van der Waals surface area contributed by atoms with Gasteiger partial charge in [-0.25, -0.2) is 8.42 Å². The lowest BCUT2D eigenvalue weighted by Crippen LogP contribution is -2.42. The quantitative estimate of drug-likeness (QED) is 0.853. The number of benzene rings is 1. The Morgan fingerprint density at radius 3 is 2.09 bits per heavy atom. The van der Waals surface area contributed by atoms with Crippen LogP contribution in [0.1, 0.15) is 25.8 Å². The largest absolute Gasteiger partial charge is 0.496 e. The lowest BCUT2D eigenvalue weighted by molar-refractivity contribution is 0.222. The predicted molar refractivity (Wildman–Crippen MR) is 86.0 cm³/mol. The van der Waals surface area contributed by atoms with Crippen LogP contribution < -0.4 is 9.47 Å². The monoisotopic (exact) mass is 327 g/mol. The first kappa shape index (κ1) is 17.1. The topological polar surface area (TPSA) is 55.8 Å². The van der Waals surface area contributed by atoms with E-state index in [1.54, 1.807) is 16.4 Å². The molecule has 0 saturated carbocycles. The molecule has 5 nitrogen and oxygen atoms in total. The Hall–Kier alpha value is -1.27. The van der Waals surface area contributed by atoms with Gasteiger partial charge in [-0.2, -0.15) is 4.31 Å². The van der Waals surface area contributed by atoms with Crippen molar-refractivity contribution in [3.63, 3.8) is 0 Å². The molecule has 1 aromatic carbocycles. The first-order chi connectivity index (χ1) is 10.3. The second kappa shape index (κ2) is 6.46. The standard InChI is InChI=1S/C16H25NO4S/c1-11-6-12(2)10-17(9-11)22(18,19)16-8-14(20-4)13(3)7-15(16)21-5/h7-8,11-12H,6,9-10H2,1-5H3/t11-,12+. The van der Waals surface area contributed by atoms with Gasteiger partial charge < -0.3 is 9.47 Å². The molecule has 0 aromatic heterocycles. The third-order valence-electron chi connectivity index (χ3n) is 4.13. The summed E-state index contributed by atoms with van der Waals surface area (Å²) in [6.07, 6.45) is 1.06. The van der Waals surface area contributed by atoms with E-state index in [0.717, 1.165) is 12.0 Å². The van der Waals surface area contributed by atoms with Crippen molar-refractivity contribution in [2.24, 2.45) is 11.8 Å². The summed E-state index contributed by atoms with van der Waals surface area (Å²) < 4.78 is 38.2. The smallest absolute Gasteiger partial charge is 0.246 e. The molecule has 124 valence electrons. The molecule has 0 bridgehead atoms. The van der Waals surface area contributed by atoms with Crippen LogP contribution in [0.25, 0.3) is 0 Å². The number of aryl methyl sites for hydroxylation is 1. The van der Waals surface area contributed by atoms with Crippen LogP contribution in [-0.2, 0) is 10.0 Å². The highest BCUT2D eigenvalue weighted by molar-refractivity contribution is 7.89. The molecule has 6 heteroatoms. The molecule has 0 spiro atoms. The molecule has 1 heterocycles. The van der Waals surface area contributed by atoms with Crippen molar-refractivity contribution < 1.29 is 17.9 Å². The van der Waals surface area contributed by atoms with E-state index < -0.39 is 10.0 Å². The number of rotatable bonds is 4. The molecule has 1 fully saturated rings. The minimum atomic E-state index is -3.59. The maximum absolute atomic E-state index is 13.0. The second-order valence-electron chi connectivity index (χ2n) is 6.24. The average Bonchev–Trinajstić information content (AvgIpc) is 2.45. The normalized spacial score (nSPS) is 23.3. The molecular weight excluding hydrogens is 302 g/mol. The van der Waals surface area contributed by atoms with Crippen molar-refractivity contribution in [2.75, 3.05) is 27.3 Å². The summed E-state index contributed by atoms with van der Waals surface area (Å²) in [5, 5.41) is 0. The third-order valence-corrected chi connectivity index (χ3v) is 5.99. The van der Waals surface area contributed by atoms with Crippen LogP contribution in [0.4, 0.5) is 0 Å². The minimum Gasteiger partial charge on any atom is -0.496 e. The van der Waals surface area contributed by atoms with Crippen molar-refractivity contribution in [2.45, 2.75) is 32.1 Å². The van der Waals surface area contributed by atoms with E-state index in [1.165, 1.54) is 14.2 Å². The van der Waals surface area contributed by atoms with Crippen molar-refractivity contribution in [3.05, 3.63) is 17.7 Å². The first-order valence-electron chi connectivity index (χ1n) is 7.52. The zero-order chi connectivity index (χ0) is 16.5. The summed E-state index contributed by atoms with van der Waals surface area (Å²) in [7, 11) is -0.566. The Labute approximate surface area is 133 Å². The van der Waals surface area contributed by atoms with E-state index in [4.69, 9.17) is 9.47 Å². The molecule has 0 radical (unpaired) electrons. The van der Waals surface area contributed by atoms with Crippen LogP contribution in [0.5, 0.6) is 11.5 Å². The SMILES string of the molecule is COc1cc(S(=O)(=O)N2C[C@H](C)C[C@H](C)C2)c(OC)cc1C. The van der Waals surface area contributed by atoms with E-state index in [1.807, 2.05) is 6.92 Å². The van der Waals surface area contributed by atoms with Crippen molar-refractivity contribution >= 4 is 10.0 Å². The maximum atomic E-state index is 13.0. The Balaban J connectivity index is 2.48. The summed E-state index contributed by atoms with van der Waals surface area (Å²) in [6, 6.07) is 3.27. The van der Waals surface area contributed by atoms with Crippen molar-refractivity contribution in [1.29, 1.82) is 0 Å². The molecule has 1 aliphatic heterocycles. The van der Waals surface area contributed by atoms with Crippen LogP contribution >= 0.6 is 0 Å². The fourth-order valence-corrected chi connectivity index (χ4v) is 5.00. The molecule has 0 unspecified atom stereocenters. The predicted octanol–water partition coefficient (Wildman–Crippen LogP) is 2.68. The third kappa shape index (κ3) is 3.22. The van der Waals surface area contributed by atoms with Crippen LogP contribution in [0, 0.1) is 18.8 Å². The summed E-state index contributed by atoms with van der Waals surface area (Å²) in [5.41, 5.74) is 0.846. The Bertz CT molecular complexity index is 632.